The summed E-state index contributed by atoms with van der Waals surface area (Å²) in [5, 5.41) is 2.59. The van der Waals surface area contributed by atoms with E-state index in [0.717, 1.165) is 13.1 Å². The van der Waals surface area contributed by atoms with Crippen LogP contribution in [-0.2, 0) is 14.8 Å². The van der Waals surface area contributed by atoms with Crippen molar-refractivity contribution in [2.45, 2.75) is 25.7 Å². The van der Waals surface area contributed by atoms with E-state index in [1.807, 2.05) is 13.8 Å². The minimum atomic E-state index is -3.62. The van der Waals surface area contributed by atoms with Crippen LogP contribution in [0.1, 0.15) is 20.8 Å². The zero-order valence-corrected chi connectivity index (χ0v) is 14.9. The molecule has 0 aliphatic carbocycles. The molecule has 2 N–H and O–H groups in total. The molecular formula is C15H25N3O4S. The molecule has 1 rings (SSSR count). The first kappa shape index (κ1) is 19.4. The van der Waals surface area contributed by atoms with Gasteiger partial charge in [0.05, 0.1) is 17.7 Å². The van der Waals surface area contributed by atoms with Crippen LogP contribution in [0, 0.1) is 0 Å². The molecule has 1 aromatic carbocycles. The predicted molar refractivity (Wildman–Crippen MR) is 90.3 cm³/mol. The van der Waals surface area contributed by atoms with Gasteiger partial charge in [0.15, 0.2) is 0 Å². The van der Waals surface area contributed by atoms with E-state index in [4.69, 9.17) is 4.74 Å². The van der Waals surface area contributed by atoms with Crippen molar-refractivity contribution in [2.75, 3.05) is 38.6 Å². The summed E-state index contributed by atoms with van der Waals surface area (Å²) < 4.78 is 32.4. The van der Waals surface area contributed by atoms with Crippen LogP contribution in [0.3, 0.4) is 0 Å². The number of carbonyl (C=O) groups is 1. The SMILES string of the molecule is CCN(CC)CCNS(=O)(=O)c1ccc(NC(C)=O)c(OC)c1. The van der Waals surface area contributed by atoms with E-state index in [-0.39, 0.29) is 10.8 Å². The number of anilines is 1. The van der Waals surface area contributed by atoms with Crippen LogP contribution in [0.2, 0.25) is 0 Å². The average Bonchev–Trinajstić information content (AvgIpc) is 2.51. The molecule has 0 fully saturated rings. The molecule has 0 bridgehead atoms. The van der Waals surface area contributed by atoms with E-state index in [1.54, 1.807) is 0 Å². The third-order valence-corrected chi connectivity index (χ3v) is 4.87. The lowest BCUT2D eigenvalue weighted by Crippen LogP contribution is -2.34. The van der Waals surface area contributed by atoms with Crippen molar-refractivity contribution < 1.29 is 17.9 Å². The molecule has 1 aromatic rings. The van der Waals surface area contributed by atoms with Crippen LogP contribution in [0.5, 0.6) is 5.75 Å². The van der Waals surface area contributed by atoms with Gasteiger partial charge in [-0.1, -0.05) is 13.8 Å². The van der Waals surface area contributed by atoms with Crippen molar-refractivity contribution in [3.8, 4) is 5.75 Å². The van der Waals surface area contributed by atoms with Gasteiger partial charge < -0.3 is 15.0 Å². The highest BCUT2D eigenvalue weighted by Gasteiger charge is 2.17. The van der Waals surface area contributed by atoms with Crippen LogP contribution >= 0.6 is 0 Å². The molecule has 7 nitrogen and oxygen atoms in total. The highest BCUT2D eigenvalue weighted by Crippen LogP contribution is 2.27. The largest absolute Gasteiger partial charge is 0.495 e. The summed E-state index contributed by atoms with van der Waals surface area (Å²) in [5.74, 6) is 0.0445. The summed E-state index contributed by atoms with van der Waals surface area (Å²) in [6.45, 7) is 8.16. The van der Waals surface area contributed by atoms with Crippen LogP contribution in [-0.4, -0.2) is 52.5 Å². The second kappa shape index (κ2) is 8.85. The zero-order chi connectivity index (χ0) is 17.5. The molecule has 0 saturated carbocycles. The molecule has 1 amide bonds. The standard InChI is InChI=1S/C15H25N3O4S/c1-5-18(6-2)10-9-16-23(20,21)13-7-8-14(17-12(3)19)15(11-13)22-4/h7-8,11,16H,5-6,9-10H2,1-4H3,(H,17,19). The second-order valence-electron chi connectivity index (χ2n) is 4.97. The molecular weight excluding hydrogens is 318 g/mol. The fourth-order valence-corrected chi connectivity index (χ4v) is 3.13. The number of carbonyl (C=O) groups excluding carboxylic acids is 1. The molecule has 23 heavy (non-hydrogen) atoms. The van der Waals surface area contributed by atoms with Gasteiger partial charge in [-0.3, -0.25) is 4.79 Å². The van der Waals surface area contributed by atoms with Gasteiger partial charge in [0.25, 0.3) is 0 Å². The zero-order valence-electron chi connectivity index (χ0n) is 14.0. The van der Waals surface area contributed by atoms with Gasteiger partial charge in [-0.15, -0.1) is 0 Å². The Morgan fingerprint density at radius 1 is 1.26 bits per heavy atom. The van der Waals surface area contributed by atoms with Gasteiger partial charge in [-0.05, 0) is 25.2 Å². The van der Waals surface area contributed by atoms with E-state index in [1.165, 1.54) is 32.2 Å². The van der Waals surface area contributed by atoms with E-state index >= 15 is 0 Å². The van der Waals surface area contributed by atoms with Crippen molar-refractivity contribution in [1.82, 2.24) is 9.62 Å². The molecule has 0 saturated heterocycles. The quantitative estimate of drug-likeness (QED) is 0.705. The molecule has 0 heterocycles. The van der Waals surface area contributed by atoms with Gasteiger partial charge in [-0.25, -0.2) is 13.1 Å². The van der Waals surface area contributed by atoms with Crippen molar-refractivity contribution in [3.05, 3.63) is 18.2 Å². The van der Waals surface area contributed by atoms with E-state index in [2.05, 4.69) is 14.9 Å². The molecule has 0 unspecified atom stereocenters. The number of nitrogens with zero attached hydrogens (tertiary/aromatic N) is 1. The molecule has 0 spiro atoms. The van der Waals surface area contributed by atoms with E-state index < -0.39 is 10.0 Å². The van der Waals surface area contributed by atoms with Crippen molar-refractivity contribution in [3.63, 3.8) is 0 Å². The smallest absolute Gasteiger partial charge is 0.240 e. The number of sulfonamides is 1. The van der Waals surface area contributed by atoms with Gasteiger partial charge in [-0.2, -0.15) is 0 Å². The first-order chi connectivity index (χ1) is 10.8. The van der Waals surface area contributed by atoms with Crippen molar-refractivity contribution >= 4 is 21.6 Å². The topological polar surface area (TPSA) is 87.7 Å². The molecule has 8 heteroatoms. The van der Waals surface area contributed by atoms with Gasteiger partial charge in [0.1, 0.15) is 5.75 Å². The number of likely N-dealkylation sites (N-methyl/N-ethyl adjacent to an activating group) is 1. The maximum Gasteiger partial charge on any atom is 0.240 e. The maximum absolute atomic E-state index is 12.3. The summed E-state index contributed by atoms with van der Waals surface area (Å²) in [6.07, 6.45) is 0. The number of ether oxygens (including phenoxy) is 1. The summed E-state index contributed by atoms with van der Waals surface area (Å²) >= 11 is 0. The lowest BCUT2D eigenvalue weighted by molar-refractivity contribution is -0.114. The Morgan fingerprint density at radius 3 is 2.43 bits per heavy atom. The number of methoxy groups -OCH3 is 1. The minimum Gasteiger partial charge on any atom is -0.495 e. The summed E-state index contributed by atoms with van der Waals surface area (Å²) in [5.41, 5.74) is 0.432. The first-order valence-corrected chi connectivity index (χ1v) is 9.00. The third kappa shape index (κ3) is 5.81. The fraction of sp³-hybridized carbons (Fsp3) is 0.533. The average molecular weight is 343 g/mol. The van der Waals surface area contributed by atoms with E-state index in [0.29, 0.717) is 24.5 Å². The Kier molecular flexibility index (Phi) is 7.47. The van der Waals surface area contributed by atoms with Crippen LogP contribution in [0.15, 0.2) is 23.1 Å². The maximum atomic E-state index is 12.3. The van der Waals surface area contributed by atoms with Gasteiger partial charge in [0, 0.05) is 26.1 Å². The minimum absolute atomic E-state index is 0.1000. The number of benzene rings is 1. The highest BCUT2D eigenvalue weighted by molar-refractivity contribution is 7.89. The molecule has 0 aliphatic rings. The Hall–Kier alpha value is -1.64. The number of amides is 1. The summed E-state index contributed by atoms with van der Waals surface area (Å²) in [4.78, 5) is 13.4. The molecule has 0 radical (unpaired) electrons. The highest BCUT2D eigenvalue weighted by atomic mass is 32.2. The van der Waals surface area contributed by atoms with Crippen molar-refractivity contribution in [1.29, 1.82) is 0 Å². The monoisotopic (exact) mass is 343 g/mol. The molecule has 130 valence electrons. The Morgan fingerprint density at radius 2 is 1.91 bits per heavy atom. The predicted octanol–water partition coefficient (Wildman–Crippen LogP) is 1.27. The number of hydrogen-bond acceptors (Lipinski definition) is 5. The number of rotatable bonds is 9. The summed E-state index contributed by atoms with van der Waals surface area (Å²) in [6, 6.07) is 4.34. The number of nitrogens with one attached hydrogen (secondary N) is 2. The molecule has 0 aliphatic heterocycles. The second-order valence-corrected chi connectivity index (χ2v) is 6.73. The third-order valence-electron chi connectivity index (χ3n) is 3.41. The first-order valence-electron chi connectivity index (χ1n) is 7.51. The van der Waals surface area contributed by atoms with Crippen molar-refractivity contribution in [2.24, 2.45) is 0 Å². The Labute approximate surface area is 138 Å². The van der Waals surface area contributed by atoms with Crippen LogP contribution in [0.4, 0.5) is 5.69 Å². The number of hydrogen-bond donors (Lipinski definition) is 2. The van der Waals surface area contributed by atoms with Gasteiger partial charge in [0.2, 0.25) is 15.9 Å². The lowest BCUT2D eigenvalue weighted by Gasteiger charge is -2.18. The Balaban J connectivity index is 2.85. The fourth-order valence-electron chi connectivity index (χ4n) is 2.09. The van der Waals surface area contributed by atoms with Crippen LogP contribution in [0.25, 0.3) is 0 Å². The van der Waals surface area contributed by atoms with Gasteiger partial charge >= 0.3 is 0 Å². The normalized spacial score (nSPS) is 11.5. The molecule has 0 aromatic heterocycles. The van der Waals surface area contributed by atoms with E-state index in [9.17, 15) is 13.2 Å². The lowest BCUT2D eigenvalue weighted by atomic mass is 10.3. The Bertz CT molecular complexity index is 628. The molecule has 0 atom stereocenters. The van der Waals surface area contributed by atoms with Crippen LogP contribution < -0.4 is 14.8 Å². The summed E-state index contributed by atoms with van der Waals surface area (Å²) in [7, 11) is -2.20.